The number of nitrogens with one attached hydrogen (secondary N) is 8. The van der Waals surface area contributed by atoms with Crippen LogP contribution in [0.25, 0.3) is 22.1 Å². The van der Waals surface area contributed by atoms with Gasteiger partial charge in [-0.1, -0.05) is 36.4 Å². The van der Waals surface area contributed by atoms with Gasteiger partial charge in [-0.3, -0.25) is 0 Å². The van der Waals surface area contributed by atoms with Crippen molar-refractivity contribution in [3.05, 3.63) is 117 Å². The highest BCUT2D eigenvalue weighted by Gasteiger charge is 2.14. The number of carbonyl (C=O) groups excluding carboxylic acids is 2. The molecule has 2 aliphatic rings. The molecular weight excluding hydrogens is 672 g/mol. The van der Waals surface area contributed by atoms with Crippen LogP contribution in [0.1, 0.15) is 43.2 Å². The summed E-state index contributed by atoms with van der Waals surface area (Å²) < 4.78 is 0. The Morgan fingerprint density at radius 3 is 1.32 bits per heavy atom. The zero-order valence-electron chi connectivity index (χ0n) is 29.4. The van der Waals surface area contributed by atoms with Crippen molar-refractivity contribution in [3.8, 4) is 0 Å². The zero-order chi connectivity index (χ0) is 36.6. The summed E-state index contributed by atoms with van der Waals surface area (Å²) in [6.45, 7) is 5.34. The standard InChI is InChI=1S/C20H23N5O2.C19H21N5O2/c26-19(22-16-5-4-6-17-18(16)24-20(27)23-17)21-13-14-7-9-15(10-8-14)25-11-2-1-3-12-25;25-18(21-15-4-3-5-16-17(15)23-19(26)22-16)20-12-13-6-8-14(9-7-13)24-10-1-2-11-24/h4-10H,1-3,11-13H2,(H2,21,22,26)(H2,23,24,27);3-9H,1-2,10-12H2,(H2,20,21,25)(H2,22,23,26). The van der Waals surface area contributed by atoms with Gasteiger partial charge in [-0.15, -0.1) is 0 Å². The lowest BCUT2D eigenvalue weighted by molar-refractivity contribution is 0.251. The zero-order valence-corrected chi connectivity index (χ0v) is 29.4. The molecule has 14 nitrogen and oxygen atoms in total. The van der Waals surface area contributed by atoms with E-state index in [1.54, 1.807) is 36.4 Å². The molecular formula is C39H44N10O4. The Kier molecular flexibility index (Phi) is 10.7. The van der Waals surface area contributed by atoms with Gasteiger partial charge in [0, 0.05) is 50.6 Å². The number of hydrogen-bond acceptors (Lipinski definition) is 6. The molecule has 8 N–H and O–H groups in total. The Labute approximate surface area is 305 Å². The third-order valence-corrected chi connectivity index (χ3v) is 9.57. The largest absolute Gasteiger partial charge is 0.372 e. The first kappa shape index (κ1) is 35.0. The number of H-pyrrole nitrogens is 4. The molecule has 274 valence electrons. The molecule has 0 bridgehead atoms. The highest BCUT2D eigenvalue weighted by molar-refractivity contribution is 5.99. The second-order valence-electron chi connectivity index (χ2n) is 13.3. The summed E-state index contributed by atoms with van der Waals surface area (Å²) in [6, 6.07) is 26.6. The first-order valence-corrected chi connectivity index (χ1v) is 18.1. The number of anilines is 4. The number of amides is 4. The summed E-state index contributed by atoms with van der Waals surface area (Å²) in [5.74, 6) is 0. The topological polar surface area (TPSA) is 186 Å². The van der Waals surface area contributed by atoms with E-state index in [1.807, 2.05) is 12.1 Å². The maximum Gasteiger partial charge on any atom is 0.323 e. The average molecular weight is 717 g/mol. The Bertz CT molecular complexity index is 2280. The third kappa shape index (κ3) is 8.90. The number of rotatable bonds is 8. The molecule has 0 radical (unpaired) electrons. The summed E-state index contributed by atoms with van der Waals surface area (Å²) >= 11 is 0. The number of para-hydroxylation sites is 2. The molecule has 8 rings (SSSR count). The van der Waals surface area contributed by atoms with Gasteiger partial charge in [0.05, 0.1) is 33.4 Å². The number of aromatic nitrogens is 4. The van der Waals surface area contributed by atoms with Gasteiger partial charge in [-0.25, -0.2) is 19.2 Å². The van der Waals surface area contributed by atoms with Crippen LogP contribution in [-0.4, -0.2) is 58.2 Å². The molecule has 4 aromatic carbocycles. The van der Waals surface area contributed by atoms with E-state index in [4.69, 9.17) is 0 Å². The lowest BCUT2D eigenvalue weighted by Crippen LogP contribution is -2.29. The van der Waals surface area contributed by atoms with E-state index in [0.29, 0.717) is 46.5 Å². The van der Waals surface area contributed by atoms with Crippen LogP contribution >= 0.6 is 0 Å². The maximum absolute atomic E-state index is 12.2. The summed E-state index contributed by atoms with van der Waals surface area (Å²) in [7, 11) is 0. The summed E-state index contributed by atoms with van der Waals surface area (Å²) in [5.41, 5.74) is 7.57. The van der Waals surface area contributed by atoms with E-state index in [9.17, 15) is 19.2 Å². The van der Waals surface area contributed by atoms with E-state index < -0.39 is 0 Å². The Morgan fingerprint density at radius 2 is 0.906 bits per heavy atom. The quantitative estimate of drug-likeness (QED) is 0.0963. The van der Waals surface area contributed by atoms with Gasteiger partial charge < -0.3 is 51.0 Å². The van der Waals surface area contributed by atoms with Crippen LogP contribution in [0.5, 0.6) is 0 Å². The predicted molar refractivity (Wildman–Crippen MR) is 210 cm³/mol. The molecule has 6 aromatic rings. The van der Waals surface area contributed by atoms with E-state index in [2.05, 4.69) is 87.4 Å². The second kappa shape index (κ2) is 16.3. The number of hydrogen-bond donors (Lipinski definition) is 8. The van der Waals surface area contributed by atoms with Gasteiger partial charge >= 0.3 is 23.4 Å². The average Bonchev–Trinajstić information content (AvgIpc) is 3.95. The predicted octanol–water partition coefficient (Wildman–Crippen LogP) is 5.95. The number of benzene rings is 4. The first-order chi connectivity index (χ1) is 25.9. The third-order valence-electron chi connectivity index (χ3n) is 9.57. The fraction of sp³-hybridized carbons (Fsp3) is 0.282. The van der Waals surface area contributed by atoms with Crippen LogP contribution in [0.15, 0.2) is 94.5 Å². The molecule has 4 amide bonds. The number of carbonyl (C=O) groups is 2. The number of aromatic amines is 4. The van der Waals surface area contributed by atoms with Gasteiger partial charge in [-0.2, -0.15) is 0 Å². The minimum absolute atomic E-state index is 0.298. The van der Waals surface area contributed by atoms with Gasteiger partial charge in [0.25, 0.3) is 0 Å². The molecule has 2 saturated heterocycles. The van der Waals surface area contributed by atoms with Gasteiger partial charge in [0.1, 0.15) is 0 Å². The van der Waals surface area contributed by atoms with Crippen LogP contribution in [0.4, 0.5) is 32.3 Å². The molecule has 4 heterocycles. The number of nitrogens with zero attached hydrogens (tertiary/aromatic N) is 2. The highest BCUT2D eigenvalue weighted by atomic mass is 16.2. The summed E-state index contributed by atoms with van der Waals surface area (Å²) in [4.78, 5) is 62.8. The van der Waals surface area contributed by atoms with Crippen LogP contribution in [-0.2, 0) is 13.1 Å². The molecule has 14 heteroatoms. The van der Waals surface area contributed by atoms with Crippen LogP contribution in [0.2, 0.25) is 0 Å². The van der Waals surface area contributed by atoms with E-state index in [-0.39, 0.29) is 23.4 Å². The number of urea groups is 2. The van der Waals surface area contributed by atoms with E-state index >= 15 is 0 Å². The van der Waals surface area contributed by atoms with Crippen LogP contribution < -0.4 is 42.4 Å². The number of imidazole rings is 2. The molecule has 53 heavy (non-hydrogen) atoms. The van der Waals surface area contributed by atoms with Crippen molar-refractivity contribution in [2.45, 2.75) is 45.2 Å². The van der Waals surface area contributed by atoms with Crippen molar-refractivity contribution in [1.29, 1.82) is 0 Å². The van der Waals surface area contributed by atoms with Gasteiger partial charge in [-0.05, 0) is 91.8 Å². The normalized spacial score (nSPS) is 14.1. The monoisotopic (exact) mass is 716 g/mol. The molecule has 0 atom stereocenters. The molecule has 2 aromatic heterocycles. The SMILES string of the molecule is O=C(NCc1ccc(N2CCCC2)cc1)Nc1cccc2[nH]c(=O)[nH]c12.O=C(NCc1ccc(N2CCCCC2)cc1)Nc1cccc2[nH]c(=O)[nH]c12. The maximum atomic E-state index is 12.2. The van der Waals surface area contributed by atoms with Crippen molar-refractivity contribution in [1.82, 2.24) is 30.6 Å². The molecule has 2 fully saturated rings. The van der Waals surface area contributed by atoms with Crippen molar-refractivity contribution < 1.29 is 9.59 Å². The number of fused-ring (bicyclic) bond motifs is 2. The fourth-order valence-corrected chi connectivity index (χ4v) is 6.80. The molecule has 2 aliphatic heterocycles. The lowest BCUT2D eigenvalue weighted by atomic mass is 10.1. The second-order valence-corrected chi connectivity index (χ2v) is 13.3. The van der Waals surface area contributed by atoms with Crippen LogP contribution in [0, 0.1) is 0 Å². The molecule has 0 unspecified atom stereocenters. The van der Waals surface area contributed by atoms with Crippen molar-refractivity contribution in [2.24, 2.45) is 0 Å². The Hall–Kier alpha value is -6.44. The van der Waals surface area contributed by atoms with Crippen molar-refractivity contribution in [3.63, 3.8) is 0 Å². The molecule has 0 saturated carbocycles. The van der Waals surface area contributed by atoms with Crippen molar-refractivity contribution >= 4 is 56.9 Å². The molecule has 0 aliphatic carbocycles. The number of piperidine rings is 1. The van der Waals surface area contributed by atoms with Crippen LogP contribution in [0.3, 0.4) is 0 Å². The minimum Gasteiger partial charge on any atom is -0.372 e. The minimum atomic E-state index is -0.317. The Morgan fingerprint density at radius 1 is 0.509 bits per heavy atom. The van der Waals surface area contributed by atoms with Gasteiger partial charge in [0.15, 0.2) is 0 Å². The lowest BCUT2D eigenvalue weighted by Gasteiger charge is -2.28. The molecule has 0 spiro atoms. The van der Waals surface area contributed by atoms with E-state index in [0.717, 1.165) is 37.3 Å². The smallest absolute Gasteiger partial charge is 0.323 e. The van der Waals surface area contributed by atoms with E-state index in [1.165, 1.54) is 43.5 Å². The fourth-order valence-electron chi connectivity index (χ4n) is 6.80. The van der Waals surface area contributed by atoms with Gasteiger partial charge in [0.2, 0.25) is 0 Å². The summed E-state index contributed by atoms with van der Waals surface area (Å²) in [6.07, 6.45) is 6.33. The summed E-state index contributed by atoms with van der Waals surface area (Å²) in [5, 5.41) is 11.3. The Balaban J connectivity index is 0.000000164. The highest BCUT2D eigenvalue weighted by Crippen LogP contribution is 2.23. The van der Waals surface area contributed by atoms with Crippen molar-refractivity contribution in [2.75, 3.05) is 46.6 Å². The first-order valence-electron chi connectivity index (χ1n) is 18.1.